The second kappa shape index (κ2) is 4.28. The smallest absolute Gasteiger partial charge is 0.148 e. The molecule has 1 fully saturated rings. The van der Waals surface area contributed by atoms with Crippen molar-refractivity contribution in [3.8, 4) is 0 Å². The van der Waals surface area contributed by atoms with Crippen molar-refractivity contribution < 1.29 is 4.74 Å². The zero-order chi connectivity index (χ0) is 10.1. The van der Waals surface area contributed by atoms with E-state index in [2.05, 4.69) is 0 Å². The topological polar surface area (TPSA) is 9.23 Å². The van der Waals surface area contributed by atoms with Crippen LogP contribution in [0.4, 0.5) is 0 Å². The first-order valence-electron chi connectivity index (χ1n) is 4.36. The summed E-state index contributed by atoms with van der Waals surface area (Å²) in [4.78, 5) is 0. The summed E-state index contributed by atoms with van der Waals surface area (Å²) in [7, 11) is 0. The molecule has 3 atom stereocenters. The zero-order valence-corrected chi connectivity index (χ0v) is 9.56. The molecule has 0 aliphatic carbocycles. The predicted molar refractivity (Wildman–Crippen MR) is 59.2 cm³/mol. The van der Waals surface area contributed by atoms with Crippen molar-refractivity contribution >= 4 is 34.8 Å². The second-order valence-electron chi connectivity index (χ2n) is 3.28. The fourth-order valence-corrected chi connectivity index (χ4v) is 2.08. The number of halogens is 3. The lowest BCUT2D eigenvalue weighted by molar-refractivity contribution is 0.0892. The maximum Gasteiger partial charge on any atom is 0.148 e. The third-order valence-electron chi connectivity index (χ3n) is 2.26. The van der Waals surface area contributed by atoms with Crippen LogP contribution in [0.1, 0.15) is 18.1 Å². The molecular formula is C10H9Cl3O. The van der Waals surface area contributed by atoms with Crippen molar-refractivity contribution in [2.75, 3.05) is 0 Å². The van der Waals surface area contributed by atoms with Gasteiger partial charge in [0.2, 0.25) is 0 Å². The van der Waals surface area contributed by atoms with E-state index in [1.54, 1.807) is 0 Å². The van der Waals surface area contributed by atoms with E-state index in [0.29, 0.717) is 0 Å². The number of alkyl halides is 2. The molecule has 0 amide bonds. The highest BCUT2D eigenvalue weighted by molar-refractivity contribution is 6.30. The van der Waals surface area contributed by atoms with Gasteiger partial charge < -0.3 is 4.74 Å². The zero-order valence-electron chi connectivity index (χ0n) is 7.29. The maximum atomic E-state index is 5.96. The third kappa shape index (κ3) is 2.17. The Labute approximate surface area is 97.9 Å². The van der Waals surface area contributed by atoms with Gasteiger partial charge in [-0.15, -0.1) is 11.6 Å². The van der Waals surface area contributed by atoms with Crippen molar-refractivity contribution in [1.82, 2.24) is 0 Å². The summed E-state index contributed by atoms with van der Waals surface area (Å²) in [5.74, 6) is 0. The first-order valence-corrected chi connectivity index (χ1v) is 5.61. The van der Waals surface area contributed by atoms with Crippen LogP contribution in [0, 0.1) is 0 Å². The molecule has 0 bridgehead atoms. The minimum atomic E-state index is -0.391. The van der Waals surface area contributed by atoms with E-state index >= 15 is 0 Å². The van der Waals surface area contributed by atoms with Gasteiger partial charge in [-0.25, -0.2) is 0 Å². The number of ether oxygens (including phenoxy) is 1. The molecule has 0 unspecified atom stereocenters. The lowest BCUT2D eigenvalue weighted by Crippen LogP contribution is -2.05. The first kappa shape index (κ1) is 10.6. The van der Waals surface area contributed by atoms with E-state index in [0.717, 1.165) is 17.0 Å². The predicted octanol–water partition coefficient (Wildman–Crippen LogP) is 3.97. The van der Waals surface area contributed by atoms with E-state index in [1.807, 2.05) is 24.3 Å². The standard InChI is InChI=1S/C10H9Cl3O/c11-7-3-1-6(2-4-7)9-5-8(12)10(13)14-9/h1-4,8-10H,5H2/t8-,9+,10-/m0/s1. The fourth-order valence-electron chi connectivity index (χ4n) is 1.50. The molecule has 1 heterocycles. The van der Waals surface area contributed by atoms with E-state index in [4.69, 9.17) is 39.5 Å². The van der Waals surface area contributed by atoms with Gasteiger partial charge >= 0.3 is 0 Å². The quantitative estimate of drug-likeness (QED) is 0.686. The van der Waals surface area contributed by atoms with Gasteiger partial charge in [0, 0.05) is 5.02 Å². The number of rotatable bonds is 1. The first-order chi connectivity index (χ1) is 6.66. The molecule has 4 heteroatoms. The van der Waals surface area contributed by atoms with E-state index < -0.39 is 5.56 Å². The lowest BCUT2D eigenvalue weighted by Gasteiger charge is -2.09. The molecule has 1 aliphatic heterocycles. The molecule has 1 nitrogen and oxygen atoms in total. The van der Waals surface area contributed by atoms with E-state index in [9.17, 15) is 0 Å². The molecule has 1 aliphatic rings. The molecule has 0 radical (unpaired) electrons. The number of benzene rings is 1. The van der Waals surface area contributed by atoms with Crippen LogP contribution >= 0.6 is 34.8 Å². The highest BCUT2D eigenvalue weighted by atomic mass is 35.5. The third-order valence-corrected chi connectivity index (χ3v) is 3.45. The molecule has 0 N–H and O–H groups in total. The number of hydrogen-bond donors (Lipinski definition) is 0. The normalized spacial score (nSPS) is 32.1. The molecule has 1 saturated heterocycles. The van der Waals surface area contributed by atoms with Gasteiger partial charge in [-0.2, -0.15) is 0 Å². The van der Waals surface area contributed by atoms with Crippen molar-refractivity contribution in [2.45, 2.75) is 23.5 Å². The Hall–Kier alpha value is 0.0500. The Bertz CT molecular complexity index is 302. The minimum Gasteiger partial charge on any atom is -0.353 e. The highest BCUT2D eigenvalue weighted by Crippen LogP contribution is 2.37. The van der Waals surface area contributed by atoms with Crippen molar-refractivity contribution in [1.29, 1.82) is 0 Å². The monoisotopic (exact) mass is 250 g/mol. The van der Waals surface area contributed by atoms with Crippen molar-refractivity contribution in [3.63, 3.8) is 0 Å². The fraction of sp³-hybridized carbons (Fsp3) is 0.400. The van der Waals surface area contributed by atoms with Gasteiger partial charge in [-0.1, -0.05) is 35.3 Å². The molecule has 14 heavy (non-hydrogen) atoms. The van der Waals surface area contributed by atoms with Crippen LogP contribution < -0.4 is 0 Å². The maximum absolute atomic E-state index is 5.96. The SMILES string of the molecule is Clc1ccc([C@H]2C[C@H](Cl)[C@@H](Cl)O2)cc1. The minimum absolute atomic E-state index is 0.00253. The van der Waals surface area contributed by atoms with E-state index in [1.165, 1.54) is 0 Å². The molecule has 0 aromatic heterocycles. The Morgan fingerprint density at radius 1 is 1.14 bits per heavy atom. The average molecular weight is 252 g/mol. The van der Waals surface area contributed by atoms with Crippen LogP contribution in [-0.2, 0) is 4.74 Å². The second-order valence-corrected chi connectivity index (χ2v) is 4.71. The summed E-state index contributed by atoms with van der Waals surface area (Å²) in [6, 6.07) is 7.55. The number of hydrogen-bond acceptors (Lipinski definition) is 1. The highest BCUT2D eigenvalue weighted by Gasteiger charge is 2.33. The Balaban J connectivity index is 2.13. The van der Waals surface area contributed by atoms with Gasteiger partial charge in [0.25, 0.3) is 0 Å². The van der Waals surface area contributed by atoms with Gasteiger partial charge in [0.15, 0.2) is 0 Å². The largest absolute Gasteiger partial charge is 0.353 e. The Kier molecular flexibility index (Phi) is 3.23. The van der Waals surface area contributed by atoms with E-state index in [-0.39, 0.29) is 11.5 Å². The van der Waals surface area contributed by atoms with Crippen LogP contribution in [-0.4, -0.2) is 10.9 Å². The Morgan fingerprint density at radius 2 is 1.79 bits per heavy atom. The molecule has 0 spiro atoms. The summed E-state index contributed by atoms with van der Waals surface area (Å²) in [6.07, 6.45) is 0.745. The van der Waals surface area contributed by atoms with Crippen molar-refractivity contribution in [3.05, 3.63) is 34.9 Å². The summed E-state index contributed by atoms with van der Waals surface area (Å²) in [6.45, 7) is 0. The van der Waals surface area contributed by atoms with Gasteiger partial charge in [0.1, 0.15) is 5.56 Å². The van der Waals surface area contributed by atoms with Crippen molar-refractivity contribution in [2.24, 2.45) is 0 Å². The Morgan fingerprint density at radius 3 is 2.29 bits per heavy atom. The van der Waals surface area contributed by atoms with Gasteiger partial charge in [-0.05, 0) is 24.1 Å². The molecule has 2 rings (SSSR count). The molecular weight excluding hydrogens is 242 g/mol. The van der Waals surface area contributed by atoms with Crippen LogP contribution in [0.25, 0.3) is 0 Å². The summed E-state index contributed by atoms with van der Waals surface area (Å²) < 4.78 is 5.49. The summed E-state index contributed by atoms with van der Waals surface area (Å²) in [5, 5.41) is 0.605. The molecule has 1 aromatic rings. The summed E-state index contributed by atoms with van der Waals surface area (Å²) in [5.41, 5.74) is 0.681. The summed E-state index contributed by atoms with van der Waals surface area (Å²) >= 11 is 17.6. The van der Waals surface area contributed by atoms with Crippen LogP contribution in [0.15, 0.2) is 24.3 Å². The average Bonchev–Trinajstić information content (AvgIpc) is 2.48. The molecule has 1 aromatic carbocycles. The van der Waals surface area contributed by atoms with Crippen LogP contribution in [0.5, 0.6) is 0 Å². The van der Waals surface area contributed by atoms with Gasteiger partial charge in [-0.3, -0.25) is 0 Å². The van der Waals surface area contributed by atoms with Gasteiger partial charge in [0.05, 0.1) is 11.5 Å². The van der Waals surface area contributed by atoms with Crippen LogP contribution in [0.2, 0.25) is 5.02 Å². The lowest BCUT2D eigenvalue weighted by atomic mass is 10.1. The van der Waals surface area contributed by atoms with Crippen LogP contribution in [0.3, 0.4) is 0 Å². The molecule has 76 valence electrons. The molecule has 0 saturated carbocycles.